The van der Waals surface area contributed by atoms with Crippen LogP contribution in [0.3, 0.4) is 0 Å². The second-order valence-electron chi connectivity index (χ2n) is 9.17. The number of nitrogens with zero attached hydrogens (tertiary/aromatic N) is 5. The highest BCUT2D eigenvalue weighted by Gasteiger charge is 2.34. The van der Waals surface area contributed by atoms with E-state index >= 15 is 0 Å². The number of aromatic nitrogens is 1. The molecule has 3 aromatic rings. The summed E-state index contributed by atoms with van der Waals surface area (Å²) in [6, 6.07) is 12.3. The number of amides is 1. The van der Waals surface area contributed by atoms with Crippen molar-refractivity contribution in [2.45, 2.75) is 26.9 Å². The topological polar surface area (TPSA) is 85.7 Å². The lowest BCUT2D eigenvalue weighted by Gasteiger charge is -2.39. The van der Waals surface area contributed by atoms with Crippen LogP contribution >= 0.6 is 24.0 Å². The average Bonchev–Trinajstić information content (AvgIpc) is 3.55. The molecule has 200 valence electrons. The summed E-state index contributed by atoms with van der Waals surface area (Å²) in [6.07, 6.45) is 3.28. The zero-order chi connectivity index (χ0) is 27.7. The van der Waals surface area contributed by atoms with Gasteiger partial charge in [-0.25, -0.2) is 4.39 Å². The Morgan fingerprint density at radius 1 is 1.13 bits per heavy atom. The lowest BCUT2D eigenvalue weighted by molar-refractivity contribution is -0.122. The highest BCUT2D eigenvalue weighted by atomic mass is 32.2. The van der Waals surface area contributed by atoms with Gasteiger partial charge in [0.2, 0.25) is 0 Å². The Labute approximate surface area is 234 Å². The average molecular weight is 564 g/mol. The quantitative estimate of drug-likeness (QED) is 0.320. The molecule has 0 radical (unpaired) electrons. The Balaban J connectivity index is 1.53. The fourth-order valence-electron chi connectivity index (χ4n) is 4.97. The van der Waals surface area contributed by atoms with Crippen LogP contribution in [0.2, 0.25) is 0 Å². The van der Waals surface area contributed by atoms with Crippen molar-refractivity contribution in [3.8, 4) is 6.07 Å². The van der Waals surface area contributed by atoms with Crippen molar-refractivity contribution >= 4 is 51.8 Å². The van der Waals surface area contributed by atoms with Crippen molar-refractivity contribution in [2.75, 3.05) is 36.0 Å². The molecule has 0 spiro atoms. The normalized spacial score (nSPS) is 16.9. The number of nitriles is 1. The maximum absolute atomic E-state index is 14.4. The lowest BCUT2D eigenvalue weighted by atomic mass is 10.0. The smallest absolute Gasteiger partial charge is 0.270 e. The monoisotopic (exact) mass is 563 g/mol. The van der Waals surface area contributed by atoms with Crippen LogP contribution in [0.4, 0.5) is 15.9 Å². The number of piperazine rings is 1. The third kappa shape index (κ3) is 4.97. The Bertz CT molecular complexity index is 1570. The molecule has 2 aliphatic rings. The zero-order valence-electron chi connectivity index (χ0n) is 21.5. The van der Waals surface area contributed by atoms with Gasteiger partial charge in [-0.2, -0.15) is 5.26 Å². The summed E-state index contributed by atoms with van der Waals surface area (Å²) >= 11 is 6.68. The van der Waals surface area contributed by atoms with Gasteiger partial charge in [-0.15, -0.1) is 0 Å². The summed E-state index contributed by atoms with van der Waals surface area (Å²) in [5.74, 6) is 0.721. The number of anilines is 2. The molecule has 0 saturated carbocycles. The first kappa shape index (κ1) is 26.7. The number of hydrogen-bond acceptors (Lipinski definition) is 8. The highest BCUT2D eigenvalue weighted by Crippen LogP contribution is 2.37. The van der Waals surface area contributed by atoms with E-state index in [1.807, 2.05) is 17.9 Å². The number of pyridine rings is 1. The molecule has 39 heavy (non-hydrogen) atoms. The molecular formula is C28H26FN5O3S2. The molecular weight excluding hydrogens is 537 g/mol. The molecule has 2 fully saturated rings. The molecule has 5 rings (SSSR count). The van der Waals surface area contributed by atoms with Crippen LogP contribution in [0.15, 0.2) is 56.8 Å². The van der Waals surface area contributed by atoms with Gasteiger partial charge in [0, 0.05) is 38.3 Å². The molecule has 1 amide bonds. The minimum Gasteiger partial charge on any atom is -0.467 e. The first-order valence-electron chi connectivity index (χ1n) is 12.5. The third-order valence-corrected chi connectivity index (χ3v) is 8.36. The molecule has 0 aliphatic carbocycles. The van der Waals surface area contributed by atoms with Crippen LogP contribution in [0.1, 0.15) is 29.4 Å². The van der Waals surface area contributed by atoms with Crippen molar-refractivity contribution in [3.05, 3.63) is 86.2 Å². The van der Waals surface area contributed by atoms with Gasteiger partial charge < -0.3 is 14.2 Å². The standard InChI is InChI=1S/C28H26FN5O3S2/c1-3-33-25(32-12-10-31(11-13-32)23-9-5-4-8-22(23)29)20(18(2)21(16-30)26(33)35)15-24-27(36)34(28(38)39-24)17-19-7-6-14-37-19/h4-9,14-15H,3,10-13,17H2,1-2H3/b24-15-. The van der Waals surface area contributed by atoms with E-state index in [0.717, 1.165) is 0 Å². The molecule has 2 aromatic heterocycles. The minimum absolute atomic E-state index is 0.0444. The number of benzene rings is 1. The summed E-state index contributed by atoms with van der Waals surface area (Å²) in [4.78, 5) is 32.6. The highest BCUT2D eigenvalue weighted by molar-refractivity contribution is 8.26. The number of halogens is 1. The van der Waals surface area contributed by atoms with Gasteiger partial charge in [0.1, 0.15) is 33.3 Å². The van der Waals surface area contributed by atoms with Crippen LogP contribution in [0.25, 0.3) is 6.08 Å². The number of para-hydroxylation sites is 1. The molecule has 2 saturated heterocycles. The van der Waals surface area contributed by atoms with Gasteiger partial charge in [0.15, 0.2) is 0 Å². The zero-order valence-corrected chi connectivity index (χ0v) is 23.1. The second kappa shape index (κ2) is 11.1. The molecule has 0 bridgehead atoms. The van der Waals surface area contributed by atoms with Crippen LogP contribution in [-0.4, -0.2) is 45.9 Å². The maximum atomic E-state index is 14.4. The molecule has 4 heterocycles. The predicted octanol–water partition coefficient (Wildman–Crippen LogP) is 4.51. The third-order valence-electron chi connectivity index (χ3n) is 6.98. The number of thiocarbonyl (C=S) groups is 1. The molecule has 2 aliphatic heterocycles. The number of rotatable bonds is 6. The van der Waals surface area contributed by atoms with E-state index in [2.05, 4.69) is 11.0 Å². The Morgan fingerprint density at radius 2 is 1.85 bits per heavy atom. The fraction of sp³-hybridized carbons (Fsp3) is 0.286. The number of carbonyl (C=O) groups is 1. The van der Waals surface area contributed by atoms with Crippen LogP contribution in [0, 0.1) is 24.1 Å². The molecule has 0 unspecified atom stereocenters. The number of hydrogen-bond donors (Lipinski definition) is 0. The van der Waals surface area contributed by atoms with Gasteiger partial charge in [-0.3, -0.25) is 19.1 Å². The van der Waals surface area contributed by atoms with E-state index in [-0.39, 0.29) is 29.4 Å². The first-order valence-corrected chi connectivity index (χ1v) is 13.8. The van der Waals surface area contributed by atoms with E-state index < -0.39 is 0 Å². The summed E-state index contributed by atoms with van der Waals surface area (Å²) < 4.78 is 21.8. The molecule has 11 heteroatoms. The summed E-state index contributed by atoms with van der Waals surface area (Å²) in [5.41, 5.74) is 1.36. The summed E-state index contributed by atoms with van der Waals surface area (Å²) in [7, 11) is 0. The van der Waals surface area contributed by atoms with Gasteiger partial charge in [0.25, 0.3) is 11.5 Å². The van der Waals surface area contributed by atoms with Gasteiger partial charge in [-0.05, 0) is 49.8 Å². The molecule has 0 atom stereocenters. The SMILES string of the molecule is CCn1c(N2CCN(c3ccccc3F)CC2)c(/C=C2\SC(=S)N(Cc3ccco3)C2=O)c(C)c(C#N)c1=O. The van der Waals surface area contributed by atoms with E-state index in [9.17, 15) is 19.2 Å². The number of furan rings is 1. The van der Waals surface area contributed by atoms with Crippen molar-refractivity contribution in [1.82, 2.24) is 9.47 Å². The molecule has 1 aromatic carbocycles. The van der Waals surface area contributed by atoms with Gasteiger partial charge >= 0.3 is 0 Å². The van der Waals surface area contributed by atoms with E-state index in [1.165, 1.54) is 22.7 Å². The van der Waals surface area contributed by atoms with Crippen LogP contribution < -0.4 is 15.4 Å². The van der Waals surface area contributed by atoms with Gasteiger partial charge in [-0.1, -0.05) is 36.1 Å². The Morgan fingerprint density at radius 3 is 2.49 bits per heavy atom. The lowest BCUT2D eigenvalue weighted by Crippen LogP contribution is -2.49. The maximum Gasteiger partial charge on any atom is 0.270 e. The van der Waals surface area contributed by atoms with E-state index in [4.69, 9.17) is 16.6 Å². The van der Waals surface area contributed by atoms with Crippen LogP contribution in [0.5, 0.6) is 0 Å². The second-order valence-corrected chi connectivity index (χ2v) is 10.8. The summed E-state index contributed by atoms with van der Waals surface area (Å²) in [5, 5.41) is 9.82. The van der Waals surface area contributed by atoms with E-state index in [0.29, 0.717) is 70.3 Å². The first-order chi connectivity index (χ1) is 18.8. The molecule has 8 nitrogen and oxygen atoms in total. The van der Waals surface area contributed by atoms with Crippen LogP contribution in [-0.2, 0) is 17.9 Å². The van der Waals surface area contributed by atoms with Gasteiger partial charge in [0.05, 0.1) is 23.4 Å². The van der Waals surface area contributed by atoms with Crippen molar-refractivity contribution in [3.63, 3.8) is 0 Å². The van der Waals surface area contributed by atoms with Crippen molar-refractivity contribution in [1.29, 1.82) is 5.26 Å². The van der Waals surface area contributed by atoms with Crippen molar-refractivity contribution in [2.24, 2.45) is 0 Å². The van der Waals surface area contributed by atoms with E-state index in [1.54, 1.807) is 48.1 Å². The summed E-state index contributed by atoms with van der Waals surface area (Å²) in [6.45, 7) is 6.29. The Hall–Kier alpha value is -3.88. The number of thioether (sulfide) groups is 1. The number of carbonyl (C=O) groups excluding carboxylic acids is 1. The molecule has 0 N–H and O–H groups in total. The Kier molecular flexibility index (Phi) is 7.59. The minimum atomic E-state index is -0.369. The fourth-order valence-corrected chi connectivity index (χ4v) is 6.21. The predicted molar refractivity (Wildman–Crippen MR) is 154 cm³/mol. The largest absolute Gasteiger partial charge is 0.467 e. The van der Waals surface area contributed by atoms with Crippen molar-refractivity contribution < 1.29 is 13.6 Å².